The van der Waals surface area contributed by atoms with E-state index in [9.17, 15) is 15.0 Å². The quantitative estimate of drug-likeness (QED) is 0.281. The Labute approximate surface area is 186 Å². The van der Waals surface area contributed by atoms with Gasteiger partial charge in [0, 0.05) is 17.4 Å². The lowest BCUT2D eigenvalue weighted by atomic mass is 10.1. The van der Waals surface area contributed by atoms with Crippen LogP contribution >= 0.6 is 0 Å². The number of aliphatic hydroxyl groups excluding tert-OH is 1. The van der Waals surface area contributed by atoms with Gasteiger partial charge in [-0.2, -0.15) is 0 Å². The van der Waals surface area contributed by atoms with Crippen LogP contribution in [0.3, 0.4) is 0 Å². The van der Waals surface area contributed by atoms with Gasteiger partial charge >= 0.3 is 5.63 Å². The summed E-state index contributed by atoms with van der Waals surface area (Å²) >= 11 is 0. The summed E-state index contributed by atoms with van der Waals surface area (Å²) in [6, 6.07) is 17.7. The molecule has 0 amide bonds. The van der Waals surface area contributed by atoms with Gasteiger partial charge in [0.05, 0.1) is 5.56 Å². The molecular weight excluding hydrogens is 406 g/mol. The normalized spacial score (nSPS) is 12.3. The molecule has 32 heavy (non-hydrogen) atoms. The standard InChI is InChI=1S/C26H27NO5/c1-16-24(29)17(2)26(30)32-25(16)22-15-20-13-19(10-11-21(20)31-22)9-6-12-27-23(28)14-18-7-4-3-5-8-18/h3-5,7-8,10-11,13,15,23,27-29H,6,9,12,14H2,1-2H3. The predicted octanol–water partition coefficient (Wildman–Crippen LogP) is 4.46. The molecule has 6 nitrogen and oxygen atoms in total. The lowest BCUT2D eigenvalue weighted by molar-refractivity contribution is 0.137. The number of hydrogen-bond donors (Lipinski definition) is 3. The second-order valence-electron chi connectivity index (χ2n) is 8.06. The Morgan fingerprint density at radius 2 is 1.75 bits per heavy atom. The van der Waals surface area contributed by atoms with E-state index in [1.54, 1.807) is 6.92 Å². The highest BCUT2D eigenvalue weighted by molar-refractivity contribution is 5.83. The molecule has 2 aromatic carbocycles. The topological polar surface area (TPSA) is 95.8 Å². The van der Waals surface area contributed by atoms with E-state index in [2.05, 4.69) is 5.32 Å². The summed E-state index contributed by atoms with van der Waals surface area (Å²) in [5.41, 5.74) is 3.01. The van der Waals surface area contributed by atoms with Crippen molar-refractivity contribution in [1.29, 1.82) is 0 Å². The van der Waals surface area contributed by atoms with Gasteiger partial charge in [-0.1, -0.05) is 36.4 Å². The first-order chi connectivity index (χ1) is 15.4. The molecule has 0 aliphatic heterocycles. The number of aliphatic hydroxyl groups is 1. The summed E-state index contributed by atoms with van der Waals surface area (Å²) in [6.45, 7) is 3.92. The highest BCUT2D eigenvalue weighted by Crippen LogP contribution is 2.33. The monoisotopic (exact) mass is 433 g/mol. The summed E-state index contributed by atoms with van der Waals surface area (Å²) in [7, 11) is 0. The number of benzene rings is 2. The molecule has 0 radical (unpaired) electrons. The van der Waals surface area contributed by atoms with Crippen molar-refractivity contribution >= 4 is 11.0 Å². The number of nitrogens with one attached hydrogen (secondary N) is 1. The molecule has 4 rings (SSSR count). The van der Waals surface area contributed by atoms with E-state index in [1.807, 2.05) is 54.6 Å². The second-order valence-corrected chi connectivity index (χ2v) is 8.06. The van der Waals surface area contributed by atoms with Gasteiger partial charge in [-0.05, 0) is 62.6 Å². The van der Waals surface area contributed by atoms with E-state index >= 15 is 0 Å². The van der Waals surface area contributed by atoms with Crippen molar-refractivity contribution in [2.75, 3.05) is 6.54 Å². The summed E-state index contributed by atoms with van der Waals surface area (Å²) in [4.78, 5) is 12.0. The largest absolute Gasteiger partial charge is 0.507 e. The van der Waals surface area contributed by atoms with Gasteiger partial charge in [-0.25, -0.2) is 4.79 Å². The Bertz CT molecular complexity index is 1270. The fourth-order valence-corrected chi connectivity index (χ4v) is 3.80. The van der Waals surface area contributed by atoms with Crippen LogP contribution in [0.15, 0.2) is 68.2 Å². The van der Waals surface area contributed by atoms with E-state index in [4.69, 9.17) is 8.83 Å². The van der Waals surface area contributed by atoms with Crippen LogP contribution in [-0.4, -0.2) is 23.0 Å². The number of hydrogen-bond acceptors (Lipinski definition) is 6. The molecule has 6 heteroatoms. The molecule has 0 aliphatic rings. The van der Waals surface area contributed by atoms with Gasteiger partial charge in [0.1, 0.15) is 17.6 Å². The van der Waals surface area contributed by atoms with Crippen LogP contribution in [0.2, 0.25) is 0 Å². The lowest BCUT2D eigenvalue weighted by Gasteiger charge is -2.12. The van der Waals surface area contributed by atoms with E-state index in [0.29, 0.717) is 29.9 Å². The van der Waals surface area contributed by atoms with Crippen molar-refractivity contribution in [1.82, 2.24) is 5.32 Å². The zero-order chi connectivity index (χ0) is 22.7. The van der Waals surface area contributed by atoms with E-state index in [0.717, 1.165) is 29.4 Å². The smallest absolute Gasteiger partial charge is 0.343 e. The summed E-state index contributed by atoms with van der Waals surface area (Å²) < 4.78 is 11.2. The maximum atomic E-state index is 12.0. The van der Waals surface area contributed by atoms with E-state index < -0.39 is 11.9 Å². The van der Waals surface area contributed by atoms with Gasteiger partial charge in [0.2, 0.25) is 0 Å². The fourth-order valence-electron chi connectivity index (χ4n) is 3.80. The number of aryl methyl sites for hydroxylation is 1. The molecule has 3 N–H and O–H groups in total. The molecule has 0 bridgehead atoms. The zero-order valence-electron chi connectivity index (χ0n) is 18.2. The minimum absolute atomic E-state index is 0.0700. The van der Waals surface area contributed by atoms with Crippen molar-refractivity contribution in [3.63, 3.8) is 0 Å². The number of rotatable bonds is 8. The zero-order valence-corrected chi connectivity index (χ0v) is 18.2. The minimum Gasteiger partial charge on any atom is -0.507 e. The molecule has 2 aromatic heterocycles. The van der Waals surface area contributed by atoms with Crippen molar-refractivity contribution in [3.8, 4) is 17.3 Å². The third-order valence-corrected chi connectivity index (χ3v) is 5.65. The van der Waals surface area contributed by atoms with Crippen molar-refractivity contribution in [2.45, 2.75) is 39.3 Å². The molecule has 0 fully saturated rings. The highest BCUT2D eigenvalue weighted by atomic mass is 16.4. The molecule has 1 atom stereocenters. The van der Waals surface area contributed by atoms with Crippen LogP contribution in [0.25, 0.3) is 22.5 Å². The molecule has 0 spiro atoms. The molecule has 2 heterocycles. The predicted molar refractivity (Wildman–Crippen MR) is 124 cm³/mol. The fraction of sp³-hybridized carbons (Fsp3) is 0.269. The van der Waals surface area contributed by atoms with Crippen LogP contribution in [-0.2, 0) is 12.8 Å². The lowest BCUT2D eigenvalue weighted by Crippen LogP contribution is -2.31. The van der Waals surface area contributed by atoms with E-state index in [-0.39, 0.29) is 17.1 Å². The van der Waals surface area contributed by atoms with Crippen LogP contribution < -0.4 is 10.9 Å². The molecule has 166 valence electrons. The number of aromatic hydroxyl groups is 1. The molecule has 0 aliphatic carbocycles. The molecule has 0 saturated heterocycles. The average molecular weight is 434 g/mol. The average Bonchev–Trinajstić information content (AvgIpc) is 3.21. The number of fused-ring (bicyclic) bond motifs is 1. The first-order valence-corrected chi connectivity index (χ1v) is 10.7. The highest BCUT2D eigenvalue weighted by Gasteiger charge is 2.18. The SMILES string of the molecule is Cc1c(-c2cc3cc(CCCNC(O)Cc4ccccc4)ccc3o2)oc(=O)c(C)c1O. The maximum absolute atomic E-state index is 12.0. The van der Waals surface area contributed by atoms with Gasteiger partial charge in [0.15, 0.2) is 11.5 Å². The molecule has 1 unspecified atom stereocenters. The van der Waals surface area contributed by atoms with E-state index in [1.165, 1.54) is 6.92 Å². The van der Waals surface area contributed by atoms with Crippen molar-refractivity contribution in [2.24, 2.45) is 0 Å². The van der Waals surface area contributed by atoms with Crippen LogP contribution in [0, 0.1) is 13.8 Å². The first-order valence-electron chi connectivity index (χ1n) is 10.7. The summed E-state index contributed by atoms with van der Waals surface area (Å²) in [6.07, 6.45) is 1.73. The van der Waals surface area contributed by atoms with Gasteiger partial charge in [0.25, 0.3) is 0 Å². The van der Waals surface area contributed by atoms with Crippen molar-refractivity contribution < 1.29 is 19.0 Å². The van der Waals surface area contributed by atoms with Gasteiger partial charge in [-0.15, -0.1) is 0 Å². The maximum Gasteiger partial charge on any atom is 0.343 e. The van der Waals surface area contributed by atoms with Gasteiger partial charge in [-0.3, -0.25) is 5.32 Å². The van der Waals surface area contributed by atoms with Crippen molar-refractivity contribution in [3.05, 3.63) is 87.3 Å². The summed E-state index contributed by atoms with van der Waals surface area (Å²) in [5.74, 6) is 0.583. The van der Waals surface area contributed by atoms with Gasteiger partial charge < -0.3 is 19.0 Å². The first kappa shape index (κ1) is 21.9. The summed E-state index contributed by atoms with van der Waals surface area (Å²) in [5, 5.41) is 24.4. The minimum atomic E-state index is -0.578. The van der Waals surface area contributed by atoms with Crippen LogP contribution in [0.4, 0.5) is 0 Å². The molecule has 4 aromatic rings. The Hall–Kier alpha value is -3.35. The molecule has 0 saturated carbocycles. The number of furan rings is 1. The Kier molecular flexibility index (Phi) is 6.44. The second kappa shape index (κ2) is 9.42. The Balaban J connectivity index is 1.39. The molecular formula is C26H27NO5. The Morgan fingerprint density at radius 1 is 0.969 bits per heavy atom. The Morgan fingerprint density at radius 3 is 2.53 bits per heavy atom. The van der Waals surface area contributed by atoms with Crippen LogP contribution in [0.5, 0.6) is 5.75 Å². The van der Waals surface area contributed by atoms with Crippen LogP contribution in [0.1, 0.15) is 28.7 Å². The third kappa shape index (κ3) is 4.77. The third-order valence-electron chi connectivity index (χ3n) is 5.65.